The van der Waals surface area contributed by atoms with Crippen molar-refractivity contribution in [2.75, 3.05) is 33.9 Å². The molecule has 1 saturated heterocycles. The topological polar surface area (TPSA) is 124 Å². The first-order valence-corrected chi connectivity index (χ1v) is 10.5. The van der Waals surface area contributed by atoms with Gasteiger partial charge in [0.2, 0.25) is 5.91 Å². The average molecular weight is 458 g/mol. The number of hydrogen-bond donors (Lipinski definition) is 3. The first kappa shape index (κ1) is 22.5. The lowest BCUT2D eigenvalue weighted by molar-refractivity contribution is -0.114. The zero-order chi connectivity index (χ0) is 24.1. The number of imide groups is 1. The van der Waals surface area contributed by atoms with E-state index in [1.807, 2.05) is 30.3 Å². The number of nitrogens with one attached hydrogen (secondary N) is 3. The quantitative estimate of drug-likeness (QED) is 0.537. The number of carbonyl (C=O) groups excluding carboxylic acids is 4. The number of para-hydroxylation sites is 1. The van der Waals surface area contributed by atoms with Gasteiger partial charge in [-0.05, 0) is 42.5 Å². The van der Waals surface area contributed by atoms with Crippen molar-refractivity contribution in [1.29, 1.82) is 0 Å². The Hall–Kier alpha value is -4.73. The maximum absolute atomic E-state index is 12.7. The molecule has 1 aliphatic rings. The minimum atomic E-state index is -0.571. The number of rotatable bonds is 5. The Morgan fingerprint density at radius 2 is 1.65 bits per heavy atom. The molecule has 3 aromatic rings. The van der Waals surface area contributed by atoms with Gasteiger partial charge in [0.25, 0.3) is 5.91 Å². The summed E-state index contributed by atoms with van der Waals surface area (Å²) in [6, 6.07) is 17.7. The first-order chi connectivity index (χ1) is 16.4. The van der Waals surface area contributed by atoms with Gasteiger partial charge in [0.15, 0.2) is 0 Å². The molecular formula is C24H22N6O4. The lowest BCUT2D eigenvalue weighted by Gasteiger charge is -2.18. The molecule has 34 heavy (non-hydrogen) atoms. The van der Waals surface area contributed by atoms with Crippen molar-refractivity contribution in [3.8, 4) is 0 Å². The molecule has 10 nitrogen and oxygen atoms in total. The predicted molar refractivity (Wildman–Crippen MR) is 128 cm³/mol. The Kier molecular flexibility index (Phi) is 6.49. The van der Waals surface area contributed by atoms with Gasteiger partial charge in [-0.15, -0.1) is 0 Å². The van der Waals surface area contributed by atoms with E-state index < -0.39 is 18.0 Å². The second-order valence-corrected chi connectivity index (χ2v) is 7.50. The van der Waals surface area contributed by atoms with Crippen molar-refractivity contribution in [2.24, 2.45) is 0 Å². The summed E-state index contributed by atoms with van der Waals surface area (Å²) in [5, 5.41) is 7.93. The van der Waals surface area contributed by atoms with Crippen LogP contribution in [0.1, 0.15) is 17.3 Å². The van der Waals surface area contributed by atoms with E-state index in [1.165, 1.54) is 24.1 Å². The van der Waals surface area contributed by atoms with Crippen LogP contribution in [0.3, 0.4) is 0 Å². The van der Waals surface area contributed by atoms with Crippen LogP contribution in [0.15, 0.2) is 72.9 Å². The highest BCUT2D eigenvalue weighted by molar-refractivity contribution is 6.09. The molecular weight excluding hydrogens is 436 g/mol. The minimum Gasteiger partial charge on any atom is -0.321 e. The Balaban J connectivity index is 1.38. The van der Waals surface area contributed by atoms with Crippen molar-refractivity contribution >= 4 is 46.8 Å². The van der Waals surface area contributed by atoms with E-state index in [0.29, 0.717) is 29.3 Å². The van der Waals surface area contributed by atoms with Gasteiger partial charge in [-0.2, -0.15) is 0 Å². The highest BCUT2D eigenvalue weighted by Crippen LogP contribution is 2.21. The van der Waals surface area contributed by atoms with E-state index in [9.17, 15) is 19.2 Å². The van der Waals surface area contributed by atoms with Gasteiger partial charge in [0.1, 0.15) is 5.82 Å². The number of aromatic nitrogens is 1. The van der Waals surface area contributed by atoms with Gasteiger partial charge in [0.05, 0.1) is 18.4 Å². The Labute approximate surface area is 195 Å². The largest absolute Gasteiger partial charge is 0.332 e. The third kappa shape index (κ3) is 5.18. The van der Waals surface area contributed by atoms with Gasteiger partial charge in [-0.3, -0.25) is 14.5 Å². The van der Waals surface area contributed by atoms with Crippen LogP contribution in [0.2, 0.25) is 0 Å². The maximum atomic E-state index is 12.7. The molecule has 0 aliphatic carbocycles. The molecule has 0 unspecified atom stereocenters. The highest BCUT2D eigenvalue weighted by Gasteiger charge is 2.34. The lowest BCUT2D eigenvalue weighted by Crippen LogP contribution is -2.39. The third-order valence-electron chi connectivity index (χ3n) is 5.02. The molecule has 0 spiro atoms. The van der Waals surface area contributed by atoms with Crippen LogP contribution in [-0.4, -0.2) is 46.8 Å². The first-order valence-electron chi connectivity index (χ1n) is 10.5. The van der Waals surface area contributed by atoms with Gasteiger partial charge in [-0.1, -0.05) is 24.3 Å². The molecule has 4 rings (SSSR count). The van der Waals surface area contributed by atoms with Crippen molar-refractivity contribution in [2.45, 2.75) is 6.92 Å². The van der Waals surface area contributed by atoms with Crippen LogP contribution in [0.5, 0.6) is 0 Å². The molecule has 0 radical (unpaired) electrons. The van der Waals surface area contributed by atoms with Gasteiger partial charge < -0.3 is 16.0 Å². The fourth-order valence-corrected chi connectivity index (χ4v) is 3.43. The van der Waals surface area contributed by atoms with Crippen LogP contribution in [0.4, 0.5) is 32.5 Å². The maximum Gasteiger partial charge on any atom is 0.332 e. The summed E-state index contributed by atoms with van der Waals surface area (Å²) in [7, 11) is 0. The molecule has 2 aromatic carbocycles. The Morgan fingerprint density at radius 1 is 0.853 bits per heavy atom. The summed E-state index contributed by atoms with van der Waals surface area (Å²) >= 11 is 0. The lowest BCUT2D eigenvalue weighted by atomic mass is 10.2. The normalized spacial score (nSPS) is 12.9. The Bertz CT molecular complexity index is 1230. The summed E-state index contributed by atoms with van der Waals surface area (Å²) in [6.45, 7) is 2.02. The Morgan fingerprint density at radius 3 is 2.35 bits per heavy atom. The molecule has 2 heterocycles. The molecule has 1 aliphatic heterocycles. The van der Waals surface area contributed by atoms with E-state index in [4.69, 9.17) is 0 Å². The fraction of sp³-hybridized carbons (Fsp3) is 0.125. The molecule has 3 N–H and O–H groups in total. The number of hydrogen-bond acceptors (Lipinski definition) is 5. The molecule has 0 saturated carbocycles. The van der Waals surface area contributed by atoms with E-state index in [2.05, 4.69) is 20.9 Å². The molecule has 6 amide bonds. The van der Waals surface area contributed by atoms with Gasteiger partial charge in [-0.25, -0.2) is 19.5 Å². The summed E-state index contributed by atoms with van der Waals surface area (Å²) in [4.78, 5) is 55.8. The number of carbonyl (C=O) groups is 4. The zero-order valence-electron chi connectivity index (χ0n) is 18.3. The standard InChI is InChI=1S/C24H22N6O4/c1-16(31)26-21-11-10-19(15-25-21)27-22(32)17-6-5-7-18(14-17)28-23(33)30-13-12-29(24(30)34)20-8-3-2-4-9-20/h2-11,14-15H,12-13H2,1H3,(H,27,32)(H,28,33)(H,25,26,31). The number of amides is 6. The van der Waals surface area contributed by atoms with Crippen molar-refractivity contribution in [3.63, 3.8) is 0 Å². The average Bonchev–Trinajstić information content (AvgIpc) is 3.22. The van der Waals surface area contributed by atoms with Gasteiger partial charge >= 0.3 is 12.1 Å². The highest BCUT2D eigenvalue weighted by atomic mass is 16.2. The molecule has 1 fully saturated rings. The number of urea groups is 2. The smallest absolute Gasteiger partial charge is 0.321 e. The SMILES string of the molecule is CC(=O)Nc1ccc(NC(=O)c2cccc(NC(=O)N3CCN(c4ccccc4)C3=O)c2)cn1. The predicted octanol–water partition coefficient (Wildman–Crippen LogP) is 3.77. The molecule has 10 heteroatoms. The van der Waals surface area contributed by atoms with Crippen LogP contribution in [0.25, 0.3) is 0 Å². The van der Waals surface area contributed by atoms with Crippen LogP contribution in [-0.2, 0) is 4.79 Å². The number of anilines is 4. The van der Waals surface area contributed by atoms with Crippen LogP contribution >= 0.6 is 0 Å². The monoisotopic (exact) mass is 458 g/mol. The van der Waals surface area contributed by atoms with Crippen molar-refractivity contribution in [3.05, 3.63) is 78.5 Å². The van der Waals surface area contributed by atoms with Gasteiger partial charge in [0, 0.05) is 30.4 Å². The molecule has 1 aromatic heterocycles. The second kappa shape index (κ2) is 9.82. The van der Waals surface area contributed by atoms with Crippen LogP contribution < -0.4 is 20.9 Å². The zero-order valence-corrected chi connectivity index (χ0v) is 18.3. The number of benzene rings is 2. The molecule has 172 valence electrons. The number of pyridine rings is 1. The number of nitrogens with zero attached hydrogens (tertiary/aromatic N) is 3. The van der Waals surface area contributed by atoms with Crippen molar-refractivity contribution in [1.82, 2.24) is 9.88 Å². The van der Waals surface area contributed by atoms with E-state index in [0.717, 1.165) is 10.6 Å². The fourth-order valence-electron chi connectivity index (χ4n) is 3.43. The summed E-state index contributed by atoms with van der Waals surface area (Å²) in [5.41, 5.74) is 1.85. The minimum absolute atomic E-state index is 0.244. The van der Waals surface area contributed by atoms with Crippen LogP contribution in [0, 0.1) is 0 Å². The second-order valence-electron chi connectivity index (χ2n) is 7.50. The van der Waals surface area contributed by atoms with E-state index in [1.54, 1.807) is 30.3 Å². The molecule has 0 bridgehead atoms. The third-order valence-corrected chi connectivity index (χ3v) is 5.02. The summed E-state index contributed by atoms with van der Waals surface area (Å²) in [5.74, 6) is -0.276. The van der Waals surface area contributed by atoms with E-state index >= 15 is 0 Å². The summed E-state index contributed by atoms with van der Waals surface area (Å²) in [6.07, 6.45) is 1.42. The summed E-state index contributed by atoms with van der Waals surface area (Å²) < 4.78 is 0. The van der Waals surface area contributed by atoms with E-state index in [-0.39, 0.29) is 12.5 Å². The molecule has 0 atom stereocenters. The van der Waals surface area contributed by atoms with Crippen molar-refractivity contribution < 1.29 is 19.2 Å².